The maximum absolute atomic E-state index is 12.5. The Labute approximate surface area is 155 Å². The lowest BCUT2D eigenvalue weighted by molar-refractivity contribution is 0.414. The highest BCUT2D eigenvalue weighted by Gasteiger charge is 2.19. The van der Waals surface area contributed by atoms with Gasteiger partial charge in [-0.25, -0.2) is 4.98 Å². The third kappa shape index (κ3) is 4.08. The molecule has 0 bridgehead atoms. The summed E-state index contributed by atoms with van der Waals surface area (Å²) in [5.41, 5.74) is 1.29. The molecule has 2 heterocycles. The van der Waals surface area contributed by atoms with Crippen molar-refractivity contribution in [3.8, 4) is 5.75 Å². The SMILES string of the molecule is COc1cccc(/C=c2/[nH]c(=O)/c(=C\c3nc[nH]c3C(C)(C)C)[nH]c2=O)c1. The van der Waals surface area contributed by atoms with E-state index in [9.17, 15) is 9.59 Å². The van der Waals surface area contributed by atoms with Crippen LogP contribution in [0.15, 0.2) is 40.2 Å². The summed E-state index contributed by atoms with van der Waals surface area (Å²) in [7, 11) is 1.57. The molecule has 0 fully saturated rings. The van der Waals surface area contributed by atoms with Crippen LogP contribution in [-0.4, -0.2) is 27.0 Å². The van der Waals surface area contributed by atoms with Gasteiger partial charge in [0.2, 0.25) is 0 Å². The Balaban J connectivity index is 2.12. The molecule has 0 aliphatic heterocycles. The zero-order valence-electron chi connectivity index (χ0n) is 15.7. The molecular weight excluding hydrogens is 344 g/mol. The molecule has 3 rings (SSSR count). The van der Waals surface area contributed by atoms with Crippen LogP contribution >= 0.6 is 0 Å². The van der Waals surface area contributed by atoms with Gasteiger partial charge in [0, 0.05) is 11.1 Å². The van der Waals surface area contributed by atoms with Crippen molar-refractivity contribution in [2.75, 3.05) is 7.11 Å². The predicted octanol–water partition coefficient (Wildman–Crippen LogP) is 0.750. The Bertz CT molecular complexity index is 1190. The first-order valence-corrected chi connectivity index (χ1v) is 8.52. The number of nitrogens with zero attached hydrogens (tertiary/aromatic N) is 1. The Kier molecular flexibility index (Phi) is 4.85. The summed E-state index contributed by atoms with van der Waals surface area (Å²) >= 11 is 0. The lowest BCUT2D eigenvalue weighted by Crippen LogP contribution is -2.46. The van der Waals surface area contributed by atoms with Gasteiger partial charge in [-0.1, -0.05) is 32.9 Å². The molecule has 3 aromatic rings. The number of H-pyrrole nitrogens is 3. The van der Waals surface area contributed by atoms with Gasteiger partial charge in [0.15, 0.2) is 0 Å². The third-order valence-electron chi connectivity index (χ3n) is 4.09. The van der Waals surface area contributed by atoms with E-state index in [2.05, 4.69) is 19.9 Å². The van der Waals surface area contributed by atoms with Crippen LogP contribution in [0.1, 0.15) is 37.7 Å². The number of rotatable bonds is 3. The van der Waals surface area contributed by atoms with E-state index in [4.69, 9.17) is 4.74 Å². The highest BCUT2D eigenvalue weighted by Crippen LogP contribution is 2.22. The number of aromatic nitrogens is 4. The molecule has 0 spiro atoms. The summed E-state index contributed by atoms with van der Waals surface area (Å²) < 4.78 is 5.17. The number of benzene rings is 1. The standard InChI is InChI=1S/C20H22N4O3/c1-20(2,3)17-14(21-11-22-17)10-16-19(26)23-15(18(25)24-16)9-12-6-5-7-13(8-12)27-4/h5-11H,1-4H3,(H,21,22)(H,23,26)(H,24,25)/b15-9+,16-10+. The van der Waals surface area contributed by atoms with E-state index in [1.807, 2.05) is 32.9 Å². The molecule has 140 valence electrons. The predicted molar refractivity (Wildman–Crippen MR) is 104 cm³/mol. The molecule has 3 N–H and O–H groups in total. The van der Waals surface area contributed by atoms with Crippen LogP contribution in [0, 0.1) is 0 Å². The first-order chi connectivity index (χ1) is 12.8. The third-order valence-corrected chi connectivity index (χ3v) is 4.09. The van der Waals surface area contributed by atoms with Gasteiger partial charge < -0.3 is 19.7 Å². The maximum Gasteiger partial charge on any atom is 0.272 e. The van der Waals surface area contributed by atoms with Gasteiger partial charge in [0.05, 0.1) is 19.1 Å². The molecule has 0 aliphatic rings. The van der Waals surface area contributed by atoms with E-state index in [0.29, 0.717) is 11.4 Å². The van der Waals surface area contributed by atoms with Gasteiger partial charge in [-0.15, -0.1) is 0 Å². The molecule has 0 aliphatic carbocycles. The topological polar surface area (TPSA) is 104 Å². The second kappa shape index (κ2) is 7.11. The first kappa shape index (κ1) is 18.4. The average Bonchev–Trinajstić information content (AvgIpc) is 3.08. The van der Waals surface area contributed by atoms with Gasteiger partial charge in [-0.3, -0.25) is 9.59 Å². The number of aromatic amines is 3. The van der Waals surface area contributed by atoms with Crippen molar-refractivity contribution in [2.24, 2.45) is 0 Å². The number of ether oxygens (including phenoxy) is 1. The minimum atomic E-state index is -0.397. The monoisotopic (exact) mass is 366 g/mol. The molecule has 7 nitrogen and oxygen atoms in total. The van der Waals surface area contributed by atoms with E-state index in [-0.39, 0.29) is 16.1 Å². The maximum atomic E-state index is 12.5. The highest BCUT2D eigenvalue weighted by molar-refractivity contribution is 5.51. The van der Waals surface area contributed by atoms with Crippen LogP contribution in [-0.2, 0) is 5.41 Å². The van der Waals surface area contributed by atoms with Gasteiger partial charge in [-0.2, -0.15) is 0 Å². The van der Waals surface area contributed by atoms with Gasteiger partial charge in [0.25, 0.3) is 11.1 Å². The van der Waals surface area contributed by atoms with E-state index in [0.717, 1.165) is 11.3 Å². The van der Waals surface area contributed by atoms with Crippen LogP contribution < -0.4 is 26.6 Å². The number of hydrogen-bond acceptors (Lipinski definition) is 4. The van der Waals surface area contributed by atoms with E-state index in [1.165, 1.54) is 0 Å². The fourth-order valence-electron chi connectivity index (χ4n) is 2.75. The zero-order chi connectivity index (χ0) is 19.6. The molecule has 0 unspecified atom stereocenters. The zero-order valence-corrected chi connectivity index (χ0v) is 15.7. The Morgan fingerprint density at radius 3 is 2.33 bits per heavy atom. The molecule has 0 amide bonds. The van der Waals surface area contributed by atoms with Gasteiger partial charge >= 0.3 is 0 Å². The number of methoxy groups -OCH3 is 1. The molecule has 27 heavy (non-hydrogen) atoms. The lowest BCUT2D eigenvalue weighted by atomic mass is 9.90. The van der Waals surface area contributed by atoms with Crippen LogP contribution in [0.3, 0.4) is 0 Å². The fourth-order valence-corrected chi connectivity index (χ4v) is 2.75. The summed E-state index contributed by atoms with van der Waals surface area (Å²) in [5.74, 6) is 0.667. The van der Waals surface area contributed by atoms with Crippen molar-refractivity contribution >= 4 is 12.2 Å². The fraction of sp³-hybridized carbons (Fsp3) is 0.250. The minimum absolute atomic E-state index is 0.153. The van der Waals surface area contributed by atoms with Crippen LogP contribution in [0.4, 0.5) is 0 Å². The average molecular weight is 366 g/mol. The number of nitrogens with one attached hydrogen (secondary N) is 3. The summed E-state index contributed by atoms with van der Waals surface area (Å²) in [6.07, 6.45) is 4.75. The quantitative estimate of drug-likeness (QED) is 0.636. The van der Waals surface area contributed by atoms with Crippen LogP contribution in [0.25, 0.3) is 12.2 Å². The smallest absolute Gasteiger partial charge is 0.272 e. The second-order valence-corrected chi connectivity index (χ2v) is 7.21. The molecule has 1 aromatic carbocycles. The molecular formula is C20H22N4O3. The normalized spacial score (nSPS) is 13.2. The largest absolute Gasteiger partial charge is 0.497 e. The summed E-state index contributed by atoms with van der Waals surface area (Å²) in [4.78, 5) is 37.5. The van der Waals surface area contributed by atoms with Crippen molar-refractivity contribution in [3.05, 3.63) is 78.9 Å². The second-order valence-electron chi connectivity index (χ2n) is 7.21. The Morgan fingerprint density at radius 1 is 1.04 bits per heavy atom. The number of imidazole rings is 1. The van der Waals surface area contributed by atoms with E-state index in [1.54, 1.807) is 37.7 Å². The molecule has 0 saturated heterocycles. The lowest BCUT2D eigenvalue weighted by Gasteiger charge is -2.16. The first-order valence-electron chi connectivity index (χ1n) is 8.52. The highest BCUT2D eigenvalue weighted by atomic mass is 16.5. The molecule has 7 heteroatoms. The van der Waals surface area contributed by atoms with E-state index >= 15 is 0 Å². The molecule has 0 saturated carbocycles. The minimum Gasteiger partial charge on any atom is -0.497 e. The summed E-state index contributed by atoms with van der Waals surface area (Å²) in [5, 5.41) is 0.323. The van der Waals surface area contributed by atoms with Crippen molar-refractivity contribution in [1.82, 2.24) is 19.9 Å². The Morgan fingerprint density at radius 2 is 1.70 bits per heavy atom. The van der Waals surface area contributed by atoms with Gasteiger partial charge in [-0.05, 0) is 29.8 Å². The van der Waals surface area contributed by atoms with Crippen LogP contribution in [0.2, 0.25) is 0 Å². The van der Waals surface area contributed by atoms with Crippen molar-refractivity contribution in [1.29, 1.82) is 0 Å². The number of hydrogen-bond donors (Lipinski definition) is 3. The van der Waals surface area contributed by atoms with Gasteiger partial charge in [0.1, 0.15) is 16.4 Å². The molecule has 0 radical (unpaired) electrons. The summed E-state index contributed by atoms with van der Waals surface area (Å²) in [6.45, 7) is 6.12. The van der Waals surface area contributed by atoms with Crippen molar-refractivity contribution in [3.63, 3.8) is 0 Å². The molecule has 0 atom stereocenters. The van der Waals surface area contributed by atoms with E-state index < -0.39 is 11.1 Å². The molecule has 2 aromatic heterocycles. The van der Waals surface area contributed by atoms with Crippen molar-refractivity contribution in [2.45, 2.75) is 26.2 Å². The summed E-state index contributed by atoms with van der Waals surface area (Å²) in [6, 6.07) is 7.21. The van der Waals surface area contributed by atoms with Crippen molar-refractivity contribution < 1.29 is 4.74 Å². The van der Waals surface area contributed by atoms with Crippen LogP contribution in [0.5, 0.6) is 5.75 Å². The Hall–Kier alpha value is -3.35.